The topological polar surface area (TPSA) is 116 Å². The molecule has 3 rings (SSSR count). The molecule has 134 valence electrons. The molecule has 2 atom stereocenters. The number of ether oxygens (including phenoxy) is 1. The van der Waals surface area contributed by atoms with Crippen LogP contribution in [0.15, 0.2) is 41.6 Å². The summed E-state index contributed by atoms with van der Waals surface area (Å²) in [5, 5.41) is 6.89. The van der Waals surface area contributed by atoms with Gasteiger partial charge in [-0.3, -0.25) is 4.79 Å². The Hall–Kier alpha value is -2.23. The van der Waals surface area contributed by atoms with Crippen molar-refractivity contribution in [3.05, 3.63) is 36.7 Å². The molecular formula is C16H20N4O4S. The second kappa shape index (κ2) is 6.95. The molecule has 0 bridgehead atoms. The van der Waals surface area contributed by atoms with E-state index < -0.39 is 15.9 Å². The van der Waals surface area contributed by atoms with Crippen LogP contribution in [0.25, 0.3) is 5.69 Å². The molecule has 2 heterocycles. The first-order valence-corrected chi connectivity index (χ1v) is 9.78. The Morgan fingerprint density at radius 1 is 1.40 bits per heavy atom. The normalized spacial score (nSPS) is 20.6. The van der Waals surface area contributed by atoms with Crippen molar-refractivity contribution in [3.8, 4) is 5.69 Å². The standard InChI is InChI=1S/C16H20N4O4S/c1-25(22,23)15-5-3-2-4-13(15)20-10-11(9-18-20)19-16(21)14-7-6-12(8-17)24-14/h2-5,9-10,12,14H,6-8,17H2,1H3,(H,19,21)/t12-,14+/m1/s1. The van der Waals surface area contributed by atoms with Crippen LogP contribution in [0.5, 0.6) is 0 Å². The van der Waals surface area contributed by atoms with E-state index in [-0.39, 0.29) is 16.9 Å². The van der Waals surface area contributed by atoms with Crippen molar-refractivity contribution in [1.29, 1.82) is 0 Å². The summed E-state index contributed by atoms with van der Waals surface area (Å²) in [6, 6.07) is 6.55. The Labute approximate surface area is 145 Å². The number of nitrogens with two attached hydrogens (primary N) is 1. The van der Waals surface area contributed by atoms with Gasteiger partial charge in [-0.25, -0.2) is 13.1 Å². The number of amides is 1. The number of hydrogen-bond donors (Lipinski definition) is 2. The monoisotopic (exact) mass is 364 g/mol. The van der Waals surface area contributed by atoms with E-state index in [1.54, 1.807) is 24.4 Å². The van der Waals surface area contributed by atoms with Crippen LogP contribution in [0.2, 0.25) is 0 Å². The minimum Gasteiger partial charge on any atom is -0.364 e. The van der Waals surface area contributed by atoms with Crippen molar-refractivity contribution >= 4 is 21.4 Å². The highest BCUT2D eigenvalue weighted by molar-refractivity contribution is 7.90. The number of anilines is 1. The highest BCUT2D eigenvalue weighted by Gasteiger charge is 2.30. The Morgan fingerprint density at radius 2 is 2.16 bits per heavy atom. The minimum atomic E-state index is -3.40. The van der Waals surface area contributed by atoms with Crippen LogP contribution in [-0.2, 0) is 19.4 Å². The maximum Gasteiger partial charge on any atom is 0.253 e. The number of hydrogen-bond acceptors (Lipinski definition) is 6. The van der Waals surface area contributed by atoms with Gasteiger partial charge in [0.25, 0.3) is 5.91 Å². The fourth-order valence-corrected chi connectivity index (χ4v) is 3.64. The van der Waals surface area contributed by atoms with Crippen LogP contribution in [0.4, 0.5) is 5.69 Å². The molecule has 0 saturated carbocycles. The number of carbonyl (C=O) groups excluding carboxylic acids is 1. The smallest absolute Gasteiger partial charge is 0.253 e. The van der Waals surface area contributed by atoms with Gasteiger partial charge in [0.2, 0.25) is 0 Å². The lowest BCUT2D eigenvalue weighted by atomic mass is 10.2. The fraction of sp³-hybridized carbons (Fsp3) is 0.375. The summed E-state index contributed by atoms with van der Waals surface area (Å²) in [6.45, 7) is 0.393. The largest absolute Gasteiger partial charge is 0.364 e. The van der Waals surface area contributed by atoms with Gasteiger partial charge in [0.1, 0.15) is 6.10 Å². The van der Waals surface area contributed by atoms with E-state index in [1.807, 2.05) is 0 Å². The van der Waals surface area contributed by atoms with Crippen LogP contribution in [0.1, 0.15) is 12.8 Å². The Balaban J connectivity index is 1.77. The number of benzene rings is 1. The van der Waals surface area contributed by atoms with Gasteiger partial charge in [0, 0.05) is 12.8 Å². The van der Waals surface area contributed by atoms with Gasteiger partial charge < -0.3 is 15.8 Å². The SMILES string of the molecule is CS(=O)(=O)c1ccccc1-n1cc(NC(=O)[C@@H]2CC[C@H](CN)O2)cn1. The van der Waals surface area contributed by atoms with Crippen LogP contribution in [-0.4, -0.2) is 49.1 Å². The van der Waals surface area contributed by atoms with E-state index in [9.17, 15) is 13.2 Å². The van der Waals surface area contributed by atoms with Gasteiger partial charge in [-0.15, -0.1) is 0 Å². The van der Waals surface area contributed by atoms with Crippen LogP contribution < -0.4 is 11.1 Å². The summed E-state index contributed by atoms with van der Waals surface area (Å²) in [4.78, 5) is 12.4. The molecule has 0 radical (unpaired) electrons. The second-order valence-electron chi connectivity index (χ2n) is 5.96. The summed E-state index contributed by atoms with van der Waals surface area (Å²) in [7, 11) is -3.40. The number of aromatic nitrogens is 2. The molecule has 3 N–H and O–H groups in total. The molecule has 1 amide bonds. The zero-order valence-electron chi connectivity index (χ0n) is 13.8. The van der Waals surface area contributed by atoms with E-state index in [2.05, 4.69) is 10.4 Å². The number of nitrogens with zero attached hydrogens (tertiary/aromatic N) is 2. The first-order chi connectivity index (χ1) is 11.9. The van der Waals surface area contributed by atoms with E-state index in [0.29, 0.717) is 24.3 Å². The van der Waals surface area contributed by atoms with Crippen molar-refractivity contribution < 1.29 is 17.9 Å². The van der Waals surface area contributed by atoms with Crippen molar-refractivity contribution in [1.82, 2.24) is 9.78 Å². The van der Waals surface area contributed by atoms with Crippen molar-refractivity contribution in [3.63, 3.8) is 0 Å². The molecule has 25 heavy (non-hydrogen) atoms. The number of para-hydroxylation sites is 1. The highest BCUT2D eigenvalue weighted by Crippen LogP contribution is 2.22. The van der Waals surface area contributed by atoms with Crippen LogP contribution >= 0.6 is 0 Å². The third kappa shape index (κ3) is 3.89. The summed E-state index contributed by atoms with van der Waals surface area (Å²) in [5.41, 5.74) is 6.43. The lowest BCUT2D eigenvalue weighted by Gasteiger charge is -2.11. The van der Waals surface area contributed by atoms with Gasteiger partial charge in [0.15, 0.2) is 9.84 Å². The third-order valence-corrected chi connectivity index (χ3v) is 5.17. The first-order valence-electron chi connectivity index (χ1n) is 7.89. The van der Waals surface area contributed by atoms with Crippen LogP contribution in [0.3, 0.4) is 0 Å². The molecular weight excluding hydrogens is 344 g/mol. The van der Waals surface area contributed by atoms with Gasteiger partial charge >= 0.3 is 0 Å². The lowest BCUT2D eigenvalue weighted by molar-refractivity contribution is -0.126. The van der Waals surface area contributed by atoms with E-state index >= 15 is 0 Å². The fourth-order valence-electron chi connectivity index (χ4n) is 2.77. The predicted molar refractivity (Wildman–Crippen MR) is 92.3 cm³/mol. The summed E-state index contributed by atoms with van der Waals surface area (Å²) < 4.78 is 30.8. The molecule has 1 aromatic carbocycles. The van der Waals surface area contributed by atoms with E-state index in [4.69, 9.17) is 10.5 Å². The molecule has 1 aliphatic heterocycles. The van der Waals surface area contributed by atoms with E-state index in [0.717, 1.165) is 12.7 Å². The summed E-state index contributed by atoms with van der Waals surface area (Å²) >= 11 is 0. The molecule has 0 aliphatic carbocycles. The molecule has 0 unspecified atom stereocenters. The van der Waals surface area contributed by atoms with Crippen LogP contribution in [0, 0.1) is 0 Å². The van der Waals surface area contributed by atoms with Gasteiger partial charge in [-0.2, -0.15) is 5.10 Å². The Kier molecular flexibility index (Phi) is 4.89. The van der Waals surface area contributed by atoms with Crippen molar-refractivity contribution in [2.45, 2.75) is 29.9 Å². The molecule has 1 aliphatic rings. The van der Waals surface area contributed by atoms with Gasteiger partial charge in [0.05, 0.1) is 34.8 Å². The molecule has 8 nitrogen and oxygen atoms in total. The highest BCUT2D eigenvalue weighted by atomic mass is 32.2. The van der Waals surface area contributed by atoms with Gasteiger partial charge in [-0.1, -0.05) is 12.1 Å². The number of carbonyl (C=O) groups is 1. The molecule has 9 heteroatoms. The third-order valence-electron chi connectivity index (χ3n) is 4.02. The average molecular weight is 364 g/mol. The number of rotatable bonds is 5. The number of nitrogens with one attached hydrogen (secondary N) is 1. The van der Waals surface area contributed by atoms with Crippen molar-refractivity contribution in [2.75, 3.05) is 18.1 Å². The molecule has 1 saturated heterocycles. The molecule has 1 fully saturated rings. The maximum absolute atomic E-state index is 12.2. The maximum atomic E-state index is 12.2. The zero-order valence-corrected chi connectivity index (χ0v) is 14.6. The lowest BCUT2D eigenvalue weighted by Crippen LogP contribution is -2.29. The predicted octanol–water partition coefficient (Wildman–Crippen LogP) is 0.721. The Bertz CT molecular complexity index is 878. The molecule has 2 aromatic rings. The average Bonchev–Trinajstić information content (AvgIpc) is 3.23. The second-order valence-corrected chi connectivity index (χ2v) is 7.95. The van der Waals surface area contributed by atoms with Gasteiger partial charge in [-0.05, 0) is 25.0 Å². The number of sulfone groups is 1. The minimum absolute atomic E-state index is 0.0832. The van der Waals surface area contributed by atoms with Crippen molar-refractivity contribution in [2.24, 2.45) is 5.73 Å². The quantitative estimate of drug-likeness (QED) is 0.807. The summed E-state index contributed by atoms with van der Waals surface area (Å²) in [5.74, 6) is -0.258. The first kappa shape index (κ1) is 17.6. The molecule has 0 spiro atoms. The molecule has 1 aromatic heterocycles. The summed E-state index contributed by atoms with van der Waals surface area (Å²) in [6.07, 6.45) is 4.95. The van der Waals surface area contributed by atoms with E-state index in [1.165, 1.54) is 16.9 Å². The zero-order chi connectivity index (χ0) is 18.0. The Morgan fingerprint density at radius 3 is 2.84 bits per heavy atom.